The van der Waals surface area contributed by atoms with Gasteiger partial charge in [-0.1, -0.05) is 0 Å². The van der Waals surface area contributed by atoms with Gasteiger partial charge in [-0.15, -0.1) is 0 Å². The molecule has 1 amide bonds. The van der Waals surface area contributed by atoms with Crippen LogP contribution in [0.2, 0.25) is 0 Å². The van der Waals surface area contributed by atoms with Gasteiger partial charge in [0.05, 0.1) is 0 Å². The van der Waals surface area contributed by atoms with Crippen molar-refractivity contribution in [1.82, 2.24) is 0 Å². The van der Waals surface area contributed by atoms with Crippen molar-refractivity contribution < 1.29 is 18.7 Å². The number of benzene rings is 1. The van der Waals surface area contributed by atoms with E-state index >= 15 is 0 Å². The highest BCUT2D eigenvalue weighted by Crippen LogP contribution is 2.21. The Bertz CT molecular complexity index is 379. The molecule has 0 heterocycles. The van der Waals surface area contributed by atoms with Crippen LogP contribution in [-0.4, -0.2) is 11.0 Å². The molecule has 1 rings (SSSR count). The zero-order chi connectivity index (χ0) is 10.7. The lowest BCUT2D eigenvalue weighted by Crippen LogP contribution is -2.05. The van der Waals surface area contributed by atoms with Gasteiger partial charge < -0.3 is 10.8 Å². The summed E-state index contributed by atoms with van der Waals surface area (Å²) in [6.45, 7) is 0. The van der Waals surface area contributed by atoms with Crippen molar-refractivity contribution in [3.8, 4) is 5.75 Å². The molecule has 0 aliphatic carbocycles. The van der Waals surface area contributed by atoms with Crippen molar-refractivity contribution >= 4 is 12.0 Å². The first-order valence-corrected chi connectivity index (χ1v) is 3.66. The summed E-state index contributed by atoms with van der Waals surface area (Å²) in [7, 11) is 0. The zero-order valence-corrected chi connectivity index (χ0v) is 7.00. The Morgan fingerprint density at radius 2 is 1.86 bits per heavy atom. The van der Waals surface area contributed by atoms with E-state index in [1.54, 1.807) is 0 Å². The van der Waals surface area contributed by atoms with Gasteiger partial charge in [0.15, 0.2) is 17.4 Å². The summed E-state index contributed by atoms with van der Waals surface area (Å²) in [6.07, 6.45) is 2.11. The fourth-order valence-electron chi connectivity index (χ4n) is 0.860. The van der Waals surface area contributed by atoms with Gasteiger partial charge in [-0.05, 0) is 23.8 Å². The molecule has 0 aromatic heterocycles. The number of phenolic OH excluding ortho intramolecular Hbond substituents is 1. The zero-order valence-electron chi connectivity index (χ0n) is 7.00. The maximum Gasteiger partial charge on any atom is 0.241 e. The number of carbonyl (C=O) groups is 1. The first kappa shape index (κ1) is 10.2. The van der Waals surface area contributed by atoms with Crippen molar-refractivity contribution in [2.75, 3.05) is 0 Å². The number of carbonyl (C=O) groups excluding carboxylic acids is 1. The Balaban J connectivity index is 3.07. The minimum absolute atomic E-state index is 0.108. The third-order valence-corrected chi connectivity index (χ3v) is 1.48. The Kier molecular flexibility index (Phi) is 2.81. The smallest absolute Gasteiger partial charge is 0.241 e. The molecular weight excluding hydrogens is 192 g/mol. The maximum absolute atomic E-state index is 12.7. The van der Waals surface area contributed by atoms with Gasteiger partial charge >= 0.3 is 0 Å². The van der Waals surface area contributed by atoms with Gasteiger partial charge in [-0.3, -0.25) is 4.79 Å². The topological polar surface area (TPSA) is 63.3 Å². The minimum atomic E-state index is -1.09. The molecule has 14 heavy (non-hydrogen) atoms. The van der Waals surface area contributed by atoms with E-state index in [0.29, 0.717) is 0 Å². The van der Waals surface area contributed by atoms with Crippen molar-refractivity contribution in [1.29, 1.82) is 0 Å². The van der Waals surface area contributed by atoms with E-state index in [4.69, 9.17) is 10.8 Å². The number of primary amides is 1. The van der Waals surface area contributed by atoms with Gasteiger partial charge in [0, 0.05) is 6.08 Å². The van der Waals surface area contributed by atoms with Crippen molar-refractivity contribution in [3.05, 3.63) is 35.4 Å². The monoisotopic (exact) mass is 199 g/mol. The summed E-state index contributed by atoms with van der Waals surface area (Å²) < 4.78 is 25.4. The molecular formula is C9H7F2NO2. The Labute approximate surface area is 78.5 Å². The summed E-state index contributed by atoms with van der Waals surface area (Å²) in [5.74, 6) is -3.94. The van der Waals surface area contributed by atoms with E-state index in [0.717, 1.165) is 24.3 Å². The molecule has 1 aromatic rings. The minimum Gasteiger partial charge on any atom is -0.503 e. The van der Waals surface area contributed by atoms with Crippen LogP contribution in [0.15, 0.2) is 18.2 Å². The van der Waals surface area contributed by atoms with Gasteiger partial charge in [0.25, 0.3) is 0 Å². The standard InChI is InChI=1S/C9H7F2NO2/c10-6-3-5(1-2-8(12)13)4-7(11)9(6)14/h1-4,14H,(H2,12,13)/b2-1-. The lowest BCUT2D eigenvalue weighted by molar-refractivity contribution is -0.113. The van der Waals surface area contributed by atoms with E-state index in [2.05, 4.69) is 0 Å². The molecule has 0 bridgehead atoms. The average Bonchev–Trinajstić information content (AvgIpc) is 2.10. The van der Waals surface area contributed by atoms with E-state index < -0.39 is 23.3 Å². The number of phenols is 1. The number of amides is 1. The summed E-state index contributed by atoms with van der Waals surface area (Å²) in [5.41, 5.74) is 4.89. The molecule has 0 spiro atoms. The highest BCUT2D eigenvalue weighted by molar-refractivity contribution is 5.90. The fraction of sp³-hybridized carbons (Fsp3) is 0. The van der Waals surface area contributed by atoms with Gasteiger partial charge in [-0.2, -0.15) is 0 Å². The number of hydrogen-bond donors (Lipinski definition) is 2. The lowest BCUT2D eigenvalue weighted by atomic mass is 10.2. The predicted octanol–water partition coefficient (Wildman–Crippen LogP) is 1.17. The molecule has 74 valence electrons. The summed E-state index contributed by atoms with van der Waals surface area (Å²) in [4.78, 5) is 10.3. The second-order valence-corrected chi connectivity index (χ2v) is 2.57. The SMILES string of the molecule is NC(=O)/C=C\c1cc(F)c(O)c(F)c1. The average molecular weight is 199 g/mol. The second-order valence-electron chi connectivity index (χ2n) is 2.57. The Morgan fingerprint density at radius 3 is 2.29 bits per heavy atom. The molecule has 3 N–H and O–H groups in total. The van der Waals surface area contributed by atoms with Crippen LogP contribution >= 0.6 is 0 Å². The third kappa shape index (κ3) is 2.29. The first-order chi connectivity index (χ1) is 6.50. The molecule has 0 fully saturated rings. The van der Waals surface area contributed by atoms with E-state index in [-0.39, 0.29) is 5.56 Å². The van der Waals surface area contributed by atoms with Crippen LogP contribution in [0.25, 0.3) is 6.08 Å². The van der Waals surface area contributed by atoms with Crippen LogP contribution in [0.1, 0.15) is 5.56 Å². The molecule has 1 aromatic carbocycles. The molecule has 5 heteroatoms. The predicted molar refractivity (Wildman–Crippen MR) is 46.3 cm³/mol. The van der Waals surface area contributed by atoms with Gasteiger partial charge in [-0.25, -0.2) is 8.78 Å². The summed E-state index contributed by atoms with van der Waals surface area (Å²) in [6, 6.07) is 1.77. The quantitative estimate of drug-likeness (QED) is 0.702. The van der Waals surface area contributed by atoms with Crippen molar-refractivity contribution in [2.45, 2.75) is 0 Å². The number of hydrogen-bond acceptors (Lipinski definition) is 2. The van der Waals surface area contributed by atoms with E-state index in [1.807, 2.05) is 0 Å². The first-order valence-electron chi connectivity index (χ1n) is 3.66. The maximum atomic E-state index is 12.7. The second kappa shape index (κ2) is 3.87. The molecule has 0 saturated heterocycles. The summed E-state index contributed by atoms with van der Waals surface area (Å²) >= 11 is 0. The third-order valence-electron chi connectivity index (χ3n) is 1.48. The molecule has 0 aliphatic heterocycles. The highest BCUT2D eigenvalue weighted by Gasteiger charge is 2.07. The highest BCUT2D eigenvalue weighted by atomic mass is 19.1. The molecule has 0 radical (unpaired) electrons. The van der Waals surface area contributed by atoms with E-state index in [9.17, 15) is 13.6 Å². The van der Waals surface area contributed by atoms with Crippen molar-refractivity contribution in [2.24, 2.45) is 5.73 Å². The van der Waals surface area contributed by atoms with Crippen LogP contribution in [0, 0.1) is 11.6 Å². The Hall–Kier alpha value is -1.91. The van der Waals surface area contributed by atoms with Crippen LogP contribution < -0.4 is 5.73 Å². The number of rotatable bonds is 2. The molecule has 0 atom stereocenters. The van der Waals surface area contributed by atoms with Crippen LogP contribution in [0.3, 0.4) is 0 Å². The van der Waals surface area contributed by atoms with Crippen LogP contribution in [0.4, 0.5) is 8.78 Å². The molecule has 3 nitrogen and oxygen atoms in total. The van der Waals surface area contributed by atoms with E-state index in [1.165, 1.54) is 0 Å². The normalized spacial score (nSPS) is 10.7. The molecule has 0 saturated carbocycles. The molecule has 0 aliphatic rings. The van der Waals surface area contributed by atoms with Crippen LogP contribution in [0.5, 0.6) is 5.75 Å². The van der Waals surface area contributed by atoms with Crippen molar-refractivity contribution in [3.63, 3.8) is 0 Å². The Morgan fingerprint density at radius 1 is 1.36 bits per heavy atom. The number of halogens is 2. The number of aromatic hydroxyl groups is 1. The lowest BCUT2D eigenvalue weighted by Gasteiger charge is -1.98. The largest absolute Gasteiger partial charge is 0.503 e. The number of nitrogens with two attached hydrogens (primary N) is 1. The van der Waals surface area contributed by atoms with Gasteiger partial charge in [0.2, 0.25) is 5.91 Å². The molecule has 0 unspecified atom stereocenters. The van der Waals surface area contributed by atoms with Crippen LogP contribution in [-0.2, 0) is 4.79 Å². The van der Waals surface area contributed by atoms with Gasteiger partial charge in [0.1, 0.15) is 0 Å². The fourth-order valence-corrected chi connectivity index (χ4v) is 0.860. The summed E-state index contributed by atoms with van der Waals surface area (Å²) in [5, 5.41) is 8.74.